The summed E-state index contributed by atoms with van der Waals surface area (Å²) >= 11 is 0. The second-order valence-corrected chi connectivity index (χ2v) is 7.27. The van der Waals surface area contributed by atoms with Gasteiger partial charge in [0.25, 0.3) is 0 Å². The molecule has 1 aromatic rings. The Hall–Kier alpha value is -1.95. The maximum absolute atomic E-state index is 13.1. The van der Waals surface area contributed by atoms with Gasteiger partial charge in [0.05, 0.1) is 0 Å². The van der Waals surface area contributed by atoms with Crippen LogP contribution >= 0.6 is 0 Å². The van der Waals surface area contributed by atoms with Crippen molar-refractivity contribution < 1.29 is 14.0 Å². The van der Waals surface area contributed by atoms with E-state index in [4.69, 9.17) is 0 Å². The van der Waals surface area contributed by atoms with E-state index in [1.807, 2.05) is 17.0 Å². The highest BCUT2D eigenvalue weighted by molar-refractivity contribution is 5.83. The molecule has 5 nitrogen and oxygen atoms in total. The Morgan fingerprint density at radius 3 is 2.50 bits per heavy atom. The van der Waals surface area contributed by atoms with Gasteiger partial charge < -0.3 is 10.2 Å². The number of halogens is 1. The minimum absolute atomic E-state index is 0.0443. The first-order valence-corrected chi connectivity index (χ1v) is 9.37. The Morgan fingerprint density at radius 1 is 1.19 bits per heavy atom. The number of rotatable bonds is 6. The normalized spacial score (nSPS) is 18.7. The molecule has 0 saturated carbocycles. The van der Waals surface area contributed by atoms with Crippen molar-refractivity contribution in [2.45, 2.75) is 45.7 Å². The Bertz CT molecular complexity index is 604. The quantitative estimate of drug-likeness (QED) is 0.844. The summed E-state index contributed by atoms with van der Waals surface area (Å²) in [5.41, 5.74) is 1.08. The van der Waals surface area contributed by atoms with E-state index in [-0.39, 0.29) is 36.5 Å². The summed E-state index contributed by atoms with van der Waals surface area (Å²) in [4.78, 5) is 28.2. The molecule has 6 heteroatoms. The van der Waals surface area contributed by atoms with Crippen LogP contribution in [-0.4, -0.2) is 54.3 Å². The van der Waals surface area contributed by atoms with Crippen molar-refractivity contribution in [3.8, 4) is 0 Å². The predicted octanol–water partition coefficient (Wildman–Crippen LogP) is 2.41. The van der Waals surface area contributed by atoms with E-state index in [1.165, 1.54) is 12.1 Å². The lowest BCUT2D eigenvalue weighted by molar-refractivity contribution is -0.134. The van der Waals surface area contributed by atoms with E-state index < -0.39 is 0 Å². The van der Waals surface area contributed by atoms with Gasteiger partial charge in [-0.25, -0.2) is 4.39 Å². The average Bonchev–Trinajstić information content (AvgIpc) is 2.84. The number of amides is 2. The van der Waals surface area contributed by atoms with Crippen LogP contribution in [0.15, 0.2) is 24.3 Å². The SMILES string of the molecule is CNC(=O)CCC(=O)N1CCCN(Cc2ccc(F)cc2)[C@@H](C(C)C)C1. The first kappa shape index (κ1) is 20.4. The van der Waals surface area contributed by atoms with Crippen LogP contribution in [0, 0.1) is 11.7 Å². The smallest absolute Gasteiger partial charge is 0.223 e. The molecule has 26 heavy (non-hydrogen) atoms. The van der Waals surface area contributed by atoms with Crippen LogP contribution in [0.5, 0.6) is 0 Å². The van der Waals surface area contributed by atoms with Gasteiger partial charge in [-0.05, 0) is 30.0 Å². The van der Waals surface area contributed by atoms with Crippen molar-refractivity contribution in [3.63, 3.8) is 0 Å². The summed E-state index contributed by atoms with van der Waals surface area (Å²) in [6.45, 7) is 7.38. The third kappa shape index (κ3) is 5.80. The van der Waals surface area contributed by atoms with Gasteiger partial charge in [-0.15, -0.1) is 0 Å². The van der Waals surface area contributed by atoms with Crippen molar-refractivity contribution in [2.24, 2.45) is 5.92 Å². The number of carbonyl (C=O) groups excluding carboxylic acids is 2. The fraction of sp³-hybridized carbons (Fsp3) is 0.600. The van der Waals surface area contributed by atoms with E-state index in [0.717, 1.165) is 31.6 Å². The molecule has 1 atom stereocenters. The summed E-state index contributed by atoms with van der Waals surface area (Å²) in [6, 6.07) is 6.87. The van der Waals surface area contributed by atoms with Crippen LogP contribution in [0.3, 0.4) is 0 Å². The number of benzene rings is 1. The summed E-state index contributed by atoms with van der Waals surface area (Å²) < 4.78 is 13.1. The molecule has 1 aliphatic heterocycles. The van der Waals surface area contributed by atoms with Crippen LogP contribution in [0.2, 0.25) is 0 Å². The van der Waals surface area contributed by atoms with Crippen LogP contribution in [0.1, 0.15) is 38.7 Å². The van der Waals surface area contributed by atoms with Crippen molar-refractivity contribution in [3.05, 3.63) is 35.6 Å². The third-order valence-corrected chi connectivity index (χ3v) is 5.02. The monoisotopic (exact) mass is 363 g/mol. The molecule has 0 unspecified atom stereocenters. The second kappa shape index (κ2) is 9.67. The molecule has 0 aliphatic carbocycles. The van der Waals surface area contributed by atoms with Gasteiger partial charge in [-0.1, -0.05) is 26.0 Å². The van der Waals surface area contributed by atoms with Gasteiger partial charge in [0.1, 0.15) is 5.82 Å². The van der Waals surface area contributed by atoms with Gasteiger partial charge in [-0.3, -0.25) is 14.5 Å². The molecule has 144 valence electrons. The molecule has 0 bridgehead atoms. The van der Waals surface area contributed by atoms with Crippen LogP contribution in [-0.2, 0) is 16.1 Å². The summed E-state index contributed by atoms with van der Waals surface area (Å²) in [7, 11) is 1.58. The lowest BCUT2D eigenvalue weighted by Gasteiger charge is -2.34. The van der Waals surface area contributed by atoms with Crippen molar-refractivity contribution in [1.82, 2.24) is 15.1 Å². The predicted molar refractivity (Wildman–Crippen MR) is 99.9 cm³/mol. The van der Waals surface area contributed by atoms with Gasteiger partial charge >= 0.3 is 0 Å². The number of hydrogen-bond donors (Lipinski definition) is 1. The Balaban J connectivity index is 2.02. The molecule has 2 rings (SSSR count). The minimum Gasteiger partial charge on any atom is -0.359 e. The molecule has 1 saturated heterocycles. The van der Waals surface area contributed by atoms with Gasteiger partial charge in [-0.2, -0.15) is 0 Å². The Labute approximate surface area is 155 Å². The van der Waals surface area contributed by atoms with Gasteiger partial charge in [0.15, 0.2) is 0 Å². The maximum Gasteiger partial charge on any atom is 0.223 e. The topological polar surface area (TPSA) is 52.7 Å². The van der Waals surface area contributed by atoms with Crippen molar-refractivity contribution >= 4 is 11.8 Å². The molecular weight excluding hydrogens is 333 g/mol. The molecule has 1 heterocycles. The minimum atomic E-state index is -0.224. The molecule has 0 aromatic heterocycles. The van der Waals surface area contributed by atoms with E-state index in [2.05, 4.69) is 24.1 Å². The highest BCUT2D eigenvalue weighted by Crippen LogP contribution is 2.21. The zero-order valence-electron chi connectivity index (χ0n) is 16.0. The van der Waals surface area contributed by atoms with E-state index in [9.17, 15) is 14.0 Å². The zero-order chi connectivity index (χ0) is 19.1. The molecule has 1 aromatic carbocycles. The maximum atomic E-state index is 13.1. The van der Waals surface area contributed by atoms with E-state index in [0.29, 0.717) is 12.5 Å². The molecule has 1 N–H and O–H groups in total. The van der Waals surface area contributed by atoms with Gasteiger partial charge in [0, 0.05) is 52.1 Å². The number of carbonyl (C=O) groups is 2. The average molecular weight is 363 g/mol. The largest absolute Gasteiger partial charge is 0.359 e. The number of nitrogens with one attached hydrogen (secondary N) is 1. The summed E-state index contributed by atoms with van der Waals surface area (Å²) in [5, 5.41) is 2.56. The van der Waals surface area contributed by atoms with Crippen LogP contribution in [0.4, 0.5) is 4.39 Å². The van der Waals surface area contributed by atoms with E-state index >= 15 is 0 Å². The standard InChI is InChI=1S/C20H30FN3O2/c1-15(2)18-14-24(20(26)10-9-19(25)22-3)12-4-11-23(18)13-16-5-7-17(21)8-6-16/h5-8,15,18H,4,9-14H2,1-3H3,(H,22,25)/t18-/m1/s1. The number of hydrogen-bond acceptors (Lipinski definition) is 3. The Kier molecular flexibility index (Phi) is 7.57. The molecule has 1 fully saturated rings. The van der Waals surface area contributed by atoms with Crippen LogP contribution < -0.4 is 5.32 Å². The molecule has 1 aliphatic rings. The first-order valence-electron chi connectivity index (χ1n) is 9.37. The van der Waals surface area contributed by atoms with Crippen molar-refractivity contribution in [2.75, 3.05) is 26.7 Å². The zero-order valence-corrected chi connectivity index (χ0v) is 16.0. The molecular formula is C20H30FN3O2. The third-order valence-electron chi connectivity index (χ3n) is 5.02. The fourth-order valence-electron chi connectivity index (χ4n) is 3.45. The lowest BCUT2D eigenvalue weighted by atomic mass is 10.0. The van der Waals surface area contributed by atoms with Gasteiger partial charge in [0.2, 0.25) is 11.8 Å². The fourth-order valence-corrected chi connectivity index (χ4v) is 3.45. The lowest BCUT2D eigenvalue weighted by Crippen LogP contribution is -2.45. The van der Waals surface area contributed by atoms with Crippen molar-refractivity contribution in [1.29, 1.82) is 0 Å². The molecule has 2 amide bonds. The number of nitrogens with zero attached hydrogens (tertiary/aromatic N) is 2. The highest BCUT2D eigenvalue weighted by Gasteiger charge is 2.29. The summed E-state index contributed by atoms with van der Waals surface area (Å²) in [5.74, 6) is 0.107. The summed E-state index contributed by atoms with van der Waals surface area (Å²) in [6.07, 6.45) is 1.38. The second-order valence-electron chi connectivity index (χ2n) is 7.27. The van der Waals surface area contributed by atoms with E-state index in [1.54, 1.807) is 7.05 Å². The first-order chi connectivity index (χ1) is 12.4. The molecule has 0 radical (unpaired) electrons. The molecule has 0 spiro atoms. The Morgan fingerprint density at radius 2 is 1.88 bits per heavy atom. The van der Waals surface area contributed by atoms with Crippen LogP contribution in [0.25, 0.3) is 0 Å². The highest BCUT2D eigenvalue weighted by atomic mass is 19.1.